The molecule has 0 rings (SSSR count). The first-order valence-electron chi connectivity index (χ1n) is 0. The molecule has 0 aliphatic carbocycles. The van der Waals surface area contributed by atoms with Crippen LogP contribution >= 0.6 is 0 Å². The molecule has 0 bridgehead atoms. The third kappa shape index (κ3) is 101. The smallest absolute Gasteiger partial charge is 0.0776 e. The summed E-state index contributed by atoms with van der Waals surface area (Å²) in [4.78, 5) is 0. The number of hydrogen-bond donors (Lipinski definition) is 3. The van der Waals surface area contributed by atoms with Crippen LogP contribution in [0.1, 0.15) is 7.43 Å². The molecule has 0 saturated carbocycles. The maximum Gasteiger partial charge on any atom is -0.0776 e. The summed E-state index contributed by atoms with van der Waals surface area (Å²) in [5, 5.41) is 0. The van der Waals surface area contributed by atoms with Crippen molar-refractivity contribution in [1.29, 1.82) is 0 Å². The zero-order chi connectivity index (χ0) is 0. The maximum absolute atomic E-state index is 0. The fraction of sp³-hybridized carbons (Fsp3) is 1.00. The first-order valence-corrected chi connectivity index (χ1v) is 0. The second-order valence-corrected chi connectivity index (χ2v) is 0. The van der Waals surface area contributed by atoms with Gasteiger partial charge in [0.15, 0.2) is 0 Å². The molecule has 0 atom stereocenters. The molecule has 0 aromatic rings. The minimum absolute atomic E-state index is 0. The molecule has 3 nitrogen and oxygen atoms in total. The molecule has 3 heteroatoms. The topological polar surface area (TPSA) is 105 Å². The van der Waals surface area contributed by atoms with E-state index < -0.39 is 0 Å². The van der Waals surface area contributed by atoms with E-state index in [9.17, 15) is 0 Å². The van der Waals surface area contributed by atoms with Crippen molar-refractivity contribution in [2.24, 2.45) is 0 Å². The standard InChI is InChI=1S/CH4.3H3N/h1H4;3*1H3. The Morgan fingerprint density at radius 2 is 0.500 bits per heavy atom. The summed E-state index contributed by atoms with van der Waals surface area (Å²) in [6, 6.07) is 0. The predicted molar refractivity (Wildman–Crippen MR) is 21.8 cm³/mol. The van der Waals surface area contributed by atoms with Gasteiger partial charge in [0.25, 0.3) is 0 Å². The molecule has 0 aliphatic heterocycles. The van der Waals surface area contributed by atoms with Crippen molar-refractivity contribution >= 4 is 0 Å². The summed E-state index contributed by atoms with van der Waals surface area (Å²) in [7, 11) is 0. The molecule has 0 heterocycles. The maximum atomic E-state index is 0. The van der Waals surface area contributed by atoms with Gasteiger partial charge in [-0.25, -0.2) is 0 Å². The highest BCUT2D eigenvalue weighted by atomic mass is 14.0. The third-order valence-corrected chi connectivity index (χ3v) is 0. The van der Waals surface area contributed by atoms with Gasteiger partial charge in [-0.2, -0.15) is 0 Å². The molecule has 0 amide bonds. The second-order valence-electron chi connectivity index (χ2n) is 0. The van der Waals surface area contributed by atoms with Gasteiger partial charge in [0, 0.05) is 0 Å². The van der Waals surface area contributed by atoms with Crippen LogP contribution in [0.5, 0.6) is 0 Å². The van der Waals surface area contributed by atoms with Crippen molar-refractivity contribution in [1.82, 2.24) is 18.5 Å². The second kappa shape index (κ2) is 707. The molecular weight excluding hydrogens is 54.0 g/mol. The van der Waals surface area contributed by atoms with Crippen LogP contribution in [0.3, 0.4) is 0 Å². The van der Waals surface area contributed by atoms with Crippen LogP contribution in [0.2, 0.25) is 0 Å². The van der Waals surface area contributed by atoms with Gasteiger partial charge in [0.05, 0.1) is 0 Å². The average molecular weight is 67.1 g/mol. The SMILES string of the molecule is C.N.N.N. The van der Waals surface area contributed by atoms with Crippen molar-refractivity contribution in [3.8, 4) is 0 Å². The highest BCUT2D eigenvalue weighted by Crippen LogP contribution is 0.144. The van der Waals surface area contributed by atoms with Gasteiger partial charge < -0.3 is 18.5 Å². The van der Waals surface area contributed by atoms with Gasteiger partial charge in [0.1, 0.15) is 0 Å². The Morgan fingerprint density at radius 1 is 0.500 bits per heavy atom. The normalized spacial score (nSPS) is 0. The summed E-state index contributed by atoms with van der Waals surface area (Å²) < 4.78 is 0. The molecule has 32 valence electrons. The van der Waals surface area contributed by atoms with E-state index in [0.29, 0.717) is 0 Å². The lowest BCUT2D eigenvalue weighted by atomic mass is 12.0. The van der Waals surface area contributed by atoms with Crippen LogP contribution < -0.4 is 18.5 Å². The van der Waals surface area contributed by atoms with E-state index in [2.05, 4.69) is 0 Å². The van der Waals surface area contributed by atoms with Crippen LogP contribution in [0.25, 0.3) is 0 Å². The Morgan fingerprint density at radius 3 is 0.500 bits per heavy atom. The van der Waals surface area contributed by atoms with Crippen molar-refractivity contribution in [2.75, 3.05) is 0 Å². The Kier molecular flexibility index (Phi) is 395000. The van der Waals surface area contributed by atoms with Crippen LogP contribution in [0.4, 0.5) is 0 Å². The molecule has 0 fully saturated rings. The van der Waals surface area contributed by atoms with Crippen LogP contribution in [0, 0.1) is 0 Å². The summed E-state index contributed by atoms with van der Waals surface area (Å²) in [5.41, 5.74) is 0. The highest BCUT2D eigenvalue weighted by Gasteiger charge is -0.0775. The molecule has 0 spiro atoms. The van der Waals surface area contributed by atoms with Gasteiger partial charge in [-0.1, -0.05) is 7.43 Å². The molecule has 0 aromatic heterocycles. The van der Waals surface area contributed by atoms with Crippen LogP contribution in [-0.4, -0.2) is 0 Å². The lowest BCUT2D eigenvalue weighted by Gasteiger charge is -0.345. The van der Waals surface area contributed by atoms with Crippen molar-refractivity contribution in [3.63, 3.8) is 0 Å². The summed E-state index contributed by atoms with van der Waals surface area (Å²) in [6.07, 6.45) is 0. The Balaban J connectivity index is 0. The zero-order valence-electron chi connectivity index (χ0n) is 2.12. The van der Waals surface area contributed by atoms with E-state index in [1.807, 2.05) is 0 Å². The highest BCUT2D eigenvalue weighted by molar-refractivity contribution is 2.50. The molecule has 0 saturated heterocycles. The zero-order valence-corrected chi connectivity index (χ0v) is 2.12. The fourth-order valence-corrected chi connectivity index (χ4v) is 0. The molecule has 9 N–H and O–H groups in total. The van der Waals surface area contributed by atoms with Crippen molar-refractivity contribution in [3.05, 3.63) is 0 Å². The Hall–Kier alpha value is -0.120. The van der Waals surface area contributed by atoms with Crippen LogP contribution in [-0.2, 0) is 0 Å². The van der Waals surface area contributed by atoms with Gasteiger partial charge in [0.2, 0.25) is 0 Å². The summed E-state index contributed by atoms with van der Waals surface area (Å²) in [6.45, 7) is 0. The molecule has 0 unspecified atom stereocenters. The minimum Gasteiger partial charge on any atom is -0.344 e. The summed E-state index contributed by atoms with van der Waals surface area (Å²) in [5.74, 6) is 0. The van der Waals surface area contributed by atoms with Crippen molar-refractivity contribution in [2.45, 2.75) is 7.43 Å². The molecule has 4 heavy (non-hydrogen) atoms. The largest absolute Gasteiger partial charge is 0.344 e. The molecular formula is CH13N3. The molecule has 0 aliphatic rings. The first-order chi connectivity index (χ1) is 0. The van der Waals surface area contributed by atoms with E-state index >= 15 is 0 Å². The molecule has 0 aromatic carbocycles. The van der Waals surface area contributed by atoms with E-state index in [1.165, 1.54) is 0 Å². The van der Waals surface area contributed by atoms with E-state index in [0.717, 1.165) is 0 Å². The number of rotatable bonds is 0. The number of hydrogen-bond acceptors (Lipinski definition) is 3. The van der Waals surface area contributed by atoms with E-state index in [4.69, 9.17) is 0 Å². The van der Waals surface area contributed by atoms with Crippen LogP contribution in [0.15, 0.2) is 0 Å². The van der Waals surface area contributed by atoms with Gasteiger partial charge in [-0.05, 0) is 0 Å². The fourth-order valence-electron chi connectivity index (χ4n) is 0. The molecule has 0 radical (unpaired) electrons. The van der Waals surface area contributed by atoms with Gasteiger partial charge in [-0.15, -0.1) is 0 Å². The Labute approximate surface area is 27.1 Å². The lowest BCUT2D eigenvalue weighted by Crippen LogP contribution is -0.482. The monoisotopic (exact) mass is 67.1 g/mol. The lowest BCUT2D eigenvalue weighted by molar-refractivity contribution is 2.13. The Bertz CT molecular complexity index is 3.25. The predicted octanol–water partition coefficient (Wildman–Crippen LogP) is 1.12. The average Bonchev–Trinajstić information content (AvgIpc) is 0. The first kappa shape index (κ1) is 2230. The van der Waals surface area contributed by atoms with Crippen molar-refractivity contribution < 1.29 is 0 Å². The minimum atomic E-state index is 0. The van der Waals surface area contributed by atoms with E-state index in [-0.39, 0.29) is 25.9 Å². The summed E-state index contributed by atoms with van der Waals surface area (Å²) >= 11 is 0. The van der Waals surface area contributed by atoms with E-state index in [1.54, 1.807) is 0 Å². The quantitative estimate of drug-likeness (QED) is 0.395. The van der Waals surface area contributed by atoms with Gasteiger partial charge >= 0.3 is 0 Å². The van der Waals surface area contributed by atoms with Gasteiger partial charge in [-0.3, -0.25) is 0 Å². The third-order valence-electron chi connectivity index (χ3n) is 0.